The van der Waals surface area contributed by atoms with Gasteiger partial charge in [0.05, 0.1) is 12.8 Å². The lowest BCUT2D eigenvalue weighted by molar-refractivity contribution is 0.0948. The van der Waals surface area contributed by atoms with E-state index in [0.717, 1.165) is 21.8 Å². The number of nitrogens with one attached hydrogen (secondary N) is 1. The van der Waals surface area contributed by atoms with Gasteiger partial charge in [-0.05, 0) is 48.4 Å². The summed E-state index contributed by atoms with van der Waals surface area (Å²) in [7, 11) is 1.63. The highest BCUT2D eigenvalue weighted by Crippen LogP contribution is 2.24. The molecule has 0 aliphatic heterocycles. The van der Waals surface area contributed by atoms with Crippen LogP contribution in [-0.2, 0) is 6.42 Å². The summed E-state index contributed by atoms with van der Waals surface area (Å²) >= 11 is 1.40. The molecular formula is C21H18FN3O2S. The molecule has 0 fully saturated rings. The van der Waals surface area contributed by atoms with E-state index in [1.54, 1.807) is 35.2 Å². The quantitative estimate of drug-likeness (QED) is 0.533. The number of halogens is 1. The Morgan fingerprint density at radius 2 is 2.07 bits per heavy atom. The van der Waals surface area contributed by atoms with Gasteiger partial charge in [-0.2, -0.15) is 0 Å². The van der Waals surface area contributed by atoms with Gasteiger partial charge in [-0.25, -0.2) is 9.37 Å². The molecule has 0 aliphatic carbocycles. The molecule has 28 heavy (non-hydrogen) atoms. The Balaban J connectivity index is 1.46. The lowest BCUT2D eigenvalue weighted by Crippen LogP contribution is -2.26. The highest BCUT2D eigenvalue weighted by molar-refractivity contribution is 7.15. The van der Waals surface area contributed by atoms with Crippen molar-refractivity contribution in [1.82, 2.24) is 14.7 Å². The Morgan fingerprint density at radius 3 is 2.86 bits per heavy atom. The van der Waals surface area contributed by atoms with Gasteiger partial charge in [0.25, 0.3) is 5.91 Å². The minimum absolute atomic E-state index is 0.155. The molecular weight excluding hydrogens is 377 g/mol. The van der Waals surface area contributed by atoms with Crippen LogP contribution in [0.3, 0.4) is 0 Å². The molecule has 1 amide bonds. The maximum Gasteiger partial charge on any atom is 0.269 e. The van der Waals surface area contributed by atoms with E-state index < -0.39 is 0 Å². The SMILES string of the molecule is COc1cccc(CCNC(=O)c2csc3nc(-c4ccc(F)cc4)cn23)c1. The number of benzene rings is 2. The van der Waals surface area contributed by atoms with Gasteiger partial charge in [-0.15, -0.1) is 11.3 Å². The third-order valence-electron chi connectivity index (χ3n) is 4.42. The number of hydrogen-bond acceptors (Lipinski definition) is 4. The third kappa shape index (κ3) is 3.75. The van der Waals surface area contributed by atoms with E-state index in [1.807, 2.05) is 24.3 Å². The zero-order valence-corrected chi connectivity index (χ0v) is 16.0. The minimum Gasteiger partial charge on any atom is -0.497 e. The van der Waals surface area contributed by atoms with E-state index in [9.17, 15) is 9.18 Å². The molecule has 2 aromatic carbocycles. The van der Waals surface area contributed by atoms with Gasteiger partial charge in [0, 0.05) is 23.7 Å². The van der Waals surface area contributed by atoms with Crippen molar-refractivity contribution >= 4 is 22.2 Å². The average molecular weight is 395 g/mol. The number of carbonyl (C=O) groups excluding carboxylic acids is 1. The van der Waals surface area contributed by atoms with Crippen LogP contribution < -0.4 is 10.1 Å². The van der Waals surface area contributed by atoms with Gasteiger partial charge in [0.15, 0.2) is 4.96 Å². The Bertz CT molecular complexity index is 1120. The molecule has 0 saturated heterocycles. The summed E-state index contributed by atoms with van der Waals surface area (Å²) in [5, 5.41) is 4.74. The average Bonchev–Trinajstić information content (AvgIpc) is 3.29. The van der Waals surface area contributed by atoms with E-state index in [1.165, 1.54) is 23.5 Å². The predicted octanol–water partition coefficient (Wildman–Crippen LogP) is 4.18. The summed E-state index contributed by atoms with van der Waals surface area (Å²) in [6, 6.07) is 13.9. The number of ether oxygens (including phenoxy) is 1. The molecule has 0 bridgehead atoms. The standard InChI is InChI=1S/C21H18FN3O2S/c1-27-17-4-2-3-14(11-17)9-10-23-20(26)19-13-28-21-24-18(12-25(19)21)15-5-7-16(22)8-6-15/h2-8,11-13H,9-10H2,1H3,(H,23,26). The molecule has 2 aromatic heterocycles. The number of aromatic nitrogens is 2. The van der Waals surface area contributed by atoms with Crippen molar-refractivity contribution in [3.63, 3.8) is 0 Å². The van der Waals surface area contributed by atoms with Crippen LogP contribution in [0.4, 0.5) is 4.39 Å². The molecule has 0 atom stereocenters. The second kappa shape index (κ2) is 7.82. The Labute approximate surface area is 165 Å². The summed E-state index contributed by atoms with van der Waals surface area (Å²) < 4.78 is 20.1. The number of hydrogen-bond donors (Lipinski definition) is 1. The summed E-state index contributed by atoms with van der Waals surface area (Å²) in [5.41, 5.74) is 3.14. The van der Waals surface area contributed by atoms with Crippen LogP contribution in [0, 0.1) is 5.82 Å². The molecule has 142 valence electrons. The van der Waals surface area contributed by atoms with Crippen molar-refractivity contribution in [3.05, 3.63) is 77.2 Å². The number of thiazole rings is 1. The number of imidazole rings is 1. The zero-order chi connectivity index (χ0) is 19.5. The van der Waals surface area contributed by atoms with E-state index >= 15 is 0 Å². The molecule has 0 saturated carbocycles. The number of amides is 1. The Hall–Kier alpha value is -3.19. The fraction of sp³-hybridized carbons (Fsp3) is 0.143. The molecule has 4 rings (SSSR count). The number of methoxy groups -OCH3 is 1. The van der Waals surface area contributed by atoms with Gasteiger partial charge in [0.2, 0.25) is 0 Å². The topological polar surface area (TPSA) is 55.6 Å². The fourth-order valence-electron chi connectivity index (χ4n) is 2.95. The number of fused-ring (bicyclic) bond motifs is 1. The molecule has 0 aliphatic rings. The van der Waals surface area contributed by atoms with Crippen molar-refractivity contribution in [3.8, 4) is 17.0 Å². The van der Waals surface area contributed by atoms with Crippen LogP contribution in [0.25, 0.3) is 16.2 Å². The van der Waals surface area contributed by atoms with Crippen molar-refractivity contribution in [2.45, 2.75) is 6.42 Å². The first kappa shape index (κ1) is 18.2. The Morgan fingerprint density at radius 1 is 1.25 bits per heavy atom. The largest absolute Gasteiger partial charge is 0.497 e. The first-order valence-electron chi connectivity index (χ1n) is 8.78. The van der Waals surface area contributed by atoms with E-state index in [2.05, 4.69) is 10.3 Å². The van der Waals surface area contributed by atoms with Crippen molar-refractivity contribution in [2.24, 2.45) is 0 Å². The molecule has 5 nitrogen and oxygen atoms in total. The number of rotatable bonds is 6. The van der Waals surface area contributed by atoms with Crippen LogP contribution in [-0.4, -0.2) is 28.9 Å². The van der Waals surface area contributed by atoms with Crippen molar-refractivity contribution in [1.29, 1.82) is 0 Å². The molecule has 7 heteroatoms. The molecule has 2 heterocycles. The van der Waals surface area contributed by atoms with Crippen molar-refractivity contribution in [2.75, 3.05) is 13.7 Å². The van der Waals surface area contributed by atoms with Crippen molar-refractivity contribution < 1.29 is 13.9 Å². The third-order valence-corrected chi connectivity index (χ3v) is 5.25. The molecule has 4 aromatic rings. The normalized spacial score (nSPS) is 10.9. The minimum atomic E-state index is -0.291. The van der Waals surface area contributed by atoms with Gasteiger partial charge in [-0.3, -0.25) is 9.20 Å². The van der Waals surface area contributed by atoms with Gasteiger partial charge in [0.1, 0.15) is 17.3 Å². The predicted molar refractivity (Wildman–Crippen MR) is 107 cm³/mol. The van der Waals surface area contributed by atoms with Gasteiger partial charge >= 0.3 is 0 Å². The van der Waals surface area contributed by atoms with Crippen LogP contribution in [0.15, 0.2) is 60.1 Å². The molecule has 0 unspecified atom stereocenters. The second-order valence-corrected chi connectivity index (χ2v) is 7.10. The molecule has 0 spiro atoms. The smallest absolute Gasteiger partial charge is 0.269 e. The summed E-state index contributed by atoms with van der Waals surface area (Å²) in [6.45, 7) is 0.517. The second-order valence-electron chi connectivity index (χ2n) is 6.26. The first-order chi connectivity index (χ1) is 13.6. The molecule has 0 radical (unpaired) electrons. The Kier molecular flexibility index (Phi) is 5.08. The maximum atomic E-state index is 13.1. The van der Waals surface area contributed by atoms with Gasteiger partial charge < -0.3 is 10.1 Å². The lowest BCUT2D eigenvalue weighted by atomic mass is 10.1. The maximum absolute atomic E-state index is 13.1. The number of carbonyl (C=O) groups is 1. The molecule has 1 N–H and O–H groups in total. The van der Waals surface area contributed by atoms with Crippen LogP contribution in [0.5, 0.6) is 5.75 Å². The highest BCUT2D eigenvalue weighted by Gasteiger charge is 2.15. The zero-order valence-electron chi connectivity index (χ0n) is 15.2. The van der Waals surface area contributed by atoms with E-state index in [4.69, 9.17) is 4.74 Å². The summed E-state index contributed by atoms with van der Waals surface area (Å²) in [4.78, 5) is 17.8. The monoisotopic (exact) mass is 395 g/mol. The van der Waals surface area contributed by atoms with Crippen LogP contribution in [0.2, 0.25) is 0 Å². The van der Waals surface area contributed by atoms with E-state index in [0.29, 0.717) is 24.4 Å². The summed E-state index contributed by atoms with van der Waals surface area (Å²) in [5.74, 6) is 0.355. The van der Waals surface area contributed by atoms with E-state index in [-0.39, 0.29) is 11.7 Å². The number of nitrogens with zero attached hydrogens (tertiary/aromatic N) is 2. The summed E-state index contributed by atoms with van der Waals surface area (Å²) in [6.07, 6.45) is 2.51. The van der Waals surface area contributed by atoms with Crippen LogP contribution >= 0.6 is 11.3 Å². The highest BCUT2D eigenvalue weighted by atomic mass is 32.1. The lowest BCUT2D eigenvalue weighted by Gasteiger charge is -2.06. The van der Waals surface area contributed by atoms with Crippen LogP contribution in [0.1, 0.15) is 16.1 Å². The fourth-order valence-corrected chi connectivity index (χ4v) is 3.80. The first-order valence-corrected chi connectivity index (χ1v) is 9.65. The van der Waals surface area contributed by atoms with Gasteiger partial charge in [-0.1, -0.05) is 12.1 Å².